The molecule has 32 heavy (non-hydrogen) atoms. The van der Waals surface area contributed by atoms with Crippen molar-refractivity contribution in [1.29, 1.82) is 0 Å². The lowest BCUT2D eigenvalue weighted by Crippen LogP contribution is -2.29. The van der Waals surface area contributed by atoms with Gasteiger partial charge >= 0.3 is 5.97 Å². The van der Waals surface area contributed by atoms with Gasteiger partial charge in [0.15, 0.2) is 11.6 Å². The smallest absolute Gasteiger partial charge is 0.307 e. The summed E-state index contributed by atoms with van der Waals surface area (Å²) in [7, 11) is 1.29. The third-order valence-corrected chi connectivity index (χ3v) is 4.90. The molecule has 1 aromatic heterocycles. The van der Waals surface area contributed by atoms with Crippen molar-refractivity contribution in [2.24, 2.45) is 0 Å². The number of methoxy groups -OCH3 is 1. The Bertz CT molecular complexity index is 1120. The SMILES string of the molecule is COC(=O)CC(NC(=O)/C=C/c1ccc(Oc2cccnc2)c(F)c1)c1cccc(Br)c1. The van der Waals surface area contributed by atoms with Crippen LogP contribution in [0.5, 0.6) is 11.5 Å². The van der Waals surface area contributed by atoms with Gasteiger partial charge in [0.05, 0.1) is 25.8 Å². The fourth-order valence-corrected chi connectivity index (χ4v) is 3.27. The minimum Gasteiger partial charge on any atom is -0.469 e. The first-order valence-corrected chi connectivity index (χ1v) is 10.4. The molecular formula is C24H20BrFN2O4. The summed E-state index contributed by atoms with van der Waals surface area (Å²) in [6.45, 7) is 0. The van der Waals surface area contributed by atoms with E-state index in [4.69, 9.17) is 9.47 Å². The summed E-state index contributed by atoms with van der Waals surface area (Å²) in [6.07, 6.45) is 5.80. The molecule has 164 valence electrons. The van der Waals surface area contributed by atoms with Crippen molar-refractivity contribution in [2.75, 3.05) is 7.11 Å². The minimum absolute atomic E-state index is 0.0262. The minimum atomic E-state index is -0.580. The van der Waals surface area contributed by atoms with E-state index in [2.05, 4.69) is 26.2 Å². The van der Waals surface area contributed by atoms with Crippen LogP contribution < -0.4 is 10.1 Å². The van der Waals surface area contributed by atoms with Crippen molar-refractivity contribution >= 4 is 33.9 Å². The van der Waals surface area contributed by atoms with Crippen molar-refractivity contribution in [2.45, 2.75) is 12.5 Å². The number of hydrogen-bond acceptors (Lipinski definition) is 5. The topological polar surface area (TPSA) is 77.5 Å². The first-order valence-electron chi connectivity index (χ1n) is 9.63. The number of rotatable bonds is 8. The lowest BCUT2D eigenvalue weighted by Gasteiger charge is -2.17. The van der Waals surface area contributed by atoms with Crippen LogP contribution in [-0.2, 0) is 14.3 Å². The van der Waals surface area contributed by atoms with E-state index < -0.39 is 23.7 Å². The lowest BCUT2D eigenvalue weighted by atomic mass is 10.0. The quantitative estimate of drug-likeness (QED) is 0.340. The van der Waals surface area contributed by atoms with E-state index in [1.807, 2.05) is 18.2 Å². The highest BCUT2D eigenvalue weighted by atomic mass is 79.9. The average Bonchev–Trinajstić information content (AvgIpc) is 2.79. The Labute approximate surface area is 193 Å². The maximum Gasteiger partial charge on any atom is 0.307 e. The maximum atomic E-state index is 14.4. The molecule has 1 heterocycles. The summed E-state index contributed by atoms with van der Waals surface area (Å²) < 4.78 is 25.4. The molecule has 0 aliphatic rings. The van der Waals surface area contributed by atoms with Crippen LogP contribution in [0.4, 0.5) is 4.39 Å². The third-order valence-electron chi connectivity index (χ3n) is 4.41. The number of pyridine rings is 1. The van der Waals surface area contributed by atoms with Crippen molar-refractivity contribution < 1.29 is 23.5 Å². The van der Waals surface area contributed by atoms with E-state index in [-0.39, 0.29) is 12.2 Å². The Kier molecular flexibility index (Phi) is 8.10. The number of hydrogen-bond donors (Lipinski definition) is 1. The van der Waals surface area contributed by atoms with Gasteiger partial charge in [-0.25, -0.2) is 4.39 Å². The van der Waals surface area contributed by atoms with Gasteiger partial charge in [-0.2, -0.15) is 0 Å². The number of esters is 1. The summed E-state index contributed by atoms with van der Waals surface area (Å²) in [5, 5.41) is 2.78. The van der Waals surface area contributed by atoms with Crippen LogP contribution in [0, 0.1) is 5.82 Å². The number of halogens is 2. The molecule has 0 aliphatic carbocycles. The second-order valence-electron chi connectivity index (χ2n) is 6.71. The number of nitrogens with one attached hydrogen (secondary N) is 1. The highest BCUT2D eigenvalue weighted by Gasteiger charge is 2.18. The van der Waals surface area contributed by atoms with E-state index in [1.165, 1.54) is 37.6 Å². The summed E-state index contributed by atoms with van der Waals surface area (Å²) in [6, 6.07) is 14.4. The molecule has 0 saturated heterocycles. The van der Waals surface area contributed by atoms with Crippen LogP contribution in [0.25, 0.3) is 6.08 Å². The summed E-state index contributed by atoms with van der Waals surface area (Å²) in [4.78, 5) is 28.2. The maximum absolute atomic E-state index is 14.4. The second-order valence-corrected chi connectivity index (χ2v) is 7.63. The molecular weight excluding hydrogens is 479 g/mol. The van der Waals surface area contributed by atoms with E-state index in [0.717, 1.165) is 10.0 Å². The van der Waals surface area contributed by atoms with Gasteiger partial charge < -0.3 is 14.8 Å². The fraction of sp³-hybridized carbons (Fsp3) is 0.125. The zero-order valence-electron chi connectivity index (χ0n) is 17.1. The Morgan fingerprint density at radius 1 is 1.19 bits per heavy atom. The van der Waals surface area contributed by atoms with Gasteiger partial charge in [-0.3, -0.25) is 14.6 Å². The van der Waals surface area contributed by atoms with Gasteiger partial charge in [-0.15, -0.1) is 0 Å². The first-order chi connectivity index (χ1) is 15.4. The standard InChI is InChI=1S/C24H20BrFN2O4/c1-31-24(30)14-21(17-4-2-5-18(25)13-17)28-23(29)10-8-16-7-9-22(20(26)12-16)32-19-6-3-11-27-15-19/h2-13,15,21H,14H2,1H3,(H,28,29)/b10-8+. The molecule has 1 N–H and O–H groups in total. The van der Waals surface area contributed by atoms with Gasteiger partial charge in [0, 0.05) is 16.7 Å². The number of aromatic nitrogens is 1. The molecule has 0 aliphatic heterocycles. The van der Waals surface area contributed by atoms with Crippen molar-refractivity contribution in [1.82, 2.24) is 10.3 Å². The highest BCUT2D eigenvalue weighted by Crippen LogP contribution is 2.25. The molecule has 2 aromatic carbocycles. The number of ether oxygens (including phenoxy) is 2. The predicted octanol–water partition coefficient (Wildman–Crippen LogP) is 5.21. The Morgan fingerprint density at radius 3 is 2.72 bits per heavy atom. The number of amides is 1. The van der Waals surface area contributed by atoms with Crippen LogP contribution >= 0.6 is 15.9 Å². The van der Waals surface area contributed by atoms with Gasteiger partial charge in [0.25, 0.3) is 0 Å². The molecule has 3 rings (SSSR count). The van der Waals surface area contributed by atoms with Crippen LogP contribution in [0.2, 0.25) is 0 Å². The van der Waals surface area contributed by atoms with Gasteiger partial charge in [0.2, 0.25) is 5.91 Å². The van der Waals surface area contributed by atoms with Gasteiger partial charge in [-0.05, 0) is 53.6 Å². The van der Waals surface area contributed by atoms with Crippen LogP contribution in [0.15, 0.2) is 77.5 Å². The Balaban J connectivity index is 1.68. The molecule has 0 saturated carbocycles. The monoisotopic (exact) mass is 498 g/mol. The van der Waals surface area contributed by atoms with E-state index in [9.17, 15) is 14.0 Å². The molecule has 0 radical (unpaired) electrons. The summed E-state index contributed by atoms with van der Waals surface area (Å²) in [5.41, 5.74) is 1.22. The number of carbonyl (C=O) groups is 2. The Hall–Kier alpha value is -3.52. The van der Waals surface area contributed by atoms with Gasteiger partial charge in [-0.1, -0.05) is 34.1 Å². The largest absolute Gasteiger partial charge is 0.469 e. The molecule has 1 atom stereocenters. The molecule has 1 unspecified atom stereocenters. The van der Waals surface area contributed by atoms with Crippen LogP contribution in [-0.4, -0.2) is 24.0 Å². The molecule has 6 nitrogen and oxygen atoms in total. The number of carbonyl (C=O) groups excluding carboxylic acids is 2. The van der Waals surface area contributed by atoms with Crippen molar-refractivity contribution in [3.8, 4) is 11.5 Å². The highest BCUT2D eigenvalue weighted by molar-refractivity contribution is 9.10. The molecule has 1 amide bonds. The molecule has 0 fully saturated rings. The molecule has 0 bridgehead atoms. The normalized spacial score (nSPS) is 11.7. The van der Waals surface area contributed by atoms with Crippen molar-refractivity contribution in [3.63, 3.8) is 0 Å². The lowest BCUT2D eigenvalue weighted by molar-refractivity contribution is -0.141. The van der Waals surface area contributed by atoms with E-state index in [1.54, 1.807) is 30.5 Å². The average molecular weight is 499 g/mol. The number of benzene rings is 2. The fourth-order valence-electron chi connectivity index (χ4n) is 2.86. The molecule has 8 heteroatoms. The first kappa shape index (κ1) is 23.1. The molecule has 3 aromatic rings. The van der Waals surface area contributed by atoms with Crippen LogP contribution in [0.3, 0.4) is 0 Å². The van der Waals surface area contributed by atoms with Gasteiger partial charge in [0.1, 0.15) is 5.75 Å². The summed E-state index contributed by atoms with van der Waals surface area (Å²) >= 11 is 3.38. The van der Waals surface area contributed by atoms with Crippen LogP contribution in [0.1, 0.15) is 23.6 Å². The van der Waals surface area contributed by atoms with E-state index in [0.29, 0.717) is 11.3 Å². The summed E-state index contributed by atoms with van der Waals surface area (Å²) in [5.74, 6) is -1.000. The number of nitrogens with zero attached hydrogens (tertiary/aromatic N) is 1. The zero-order chi connectivity index (χ0) is 22.9. The van der Waals surface area contributed by atoms with Crippen molar-refractivity contribution in [3.05, 3.63) is 94.5 Å². The Morgan fingerprint density at radius 2 is 2.03 bits per heavy atom. The predicted molar refractivity (Wildman–Crippen MR) is 121 cm³/mol. The molecule has 0 spiro atoms. The second kappa shape index (κ2) is 11.2. The third kappa shape index (κ3) is 6.75. The van der Waals surface area contributed by atoms with E-state index >= 15 is 0 Å². The zero-order valence-corrected chi connectivity index (χ0v) is 18.7.